The molecule has 0 saturated carbocycles. The van der Waals surface area contributed by atoms with Gasteiger partial charge in [-0.25, -0.2) is 4.79 Å². The molecular weight excluding hydrogens is 736 g/mol. The van der Waals surface area contributed by atoms with Gasteiger partial charge >= 0.3 is 5.97 Å². The van der Waals surface area contributed by atoms with Crippen LogP contribution in [-0.2, 0) is 28.8 Å². The van der Waals surface area contributed by atoms with Gasteiger partial charge in [-0.05, 0) is 77.2 Å². The molecule has 24 nitrogen and oxygen atoms in total. The summed E-state index contributed by atoms with van der Waals surface area (Å²) in [4.78, 5) is 91.8. The molecule has 6 unspecified atom stereocenters. The van der Waals surface area contributed by atoms with Gasteiger partial charge in [0.1, 0.15) is 30.2 Å². The van der Waals surface area contributed by atoms with Gasteiger partial charge in [-0.15, -0.1) is 0 Å². The van der Waals surface area contributed by atoms with Gasteiger partial charge in [0, 0.05) is 26.2 Å². The van der Waals surface area contributed by atoms with Crippen molar-refractivity contribution in [3.05, 3.63) is 0 Å². The Labute approximate surface area is 325 Å². The lowest BCUT2D eigenvalue weighted by atomic mass is 10.1. The number of likely N-dealkylation sites (tertiary alicyclic amines) is 1. The minimum absolute atomic E-state index is 0.0109. The fraction of sp³-hybridized carbons (Fsp3) is 0.719. The smallest absolute Gasteiger partial charge is 0.326 e. The first kappa shape index (κ1) is 48.5. The number of carboxylic acids is 1. The largest absolute Gasteiger partial charge is 0.480 e. The van der Waals surface area contributed by atoms with Gasteiger partial charge in [-0.3, -0.25) is 38.9 Å². The number of aliphatic imine (C=N–C) groups is 3. The Kier molecular flexibility index (Phi) is 22.8. The van der Waals surface area contributed by atoms with E-state index in [9.17, 15) is 39.0 Å². The zero-order valence-corrected chi connectivity index (χ0v) is 31.7. The number of carbonyl (C=O) groups excluding carboxylic acids is 5. The van der Waals surface area contributed by atoms with Gasteiger partial charge in [-0.2, -0.15) is 0 Å². The monoisotopic (exact) mass is 798 g/mol. The molecule has 1 heterocycles. The Hall–Kier alpha value is -5.49. The summed E-state index contributed by atoms with van der Waals surface area (Å²) in [5.41, 5.74) is 43.8. The van der Waals surface area contributed by atoms with Gasteiger partial charge in [0.15, 0.2) is 17.9 Å². The third kappa shape index (κ3) is 18.7. The lowest BCUT2D eigenvalue weighted by Gasteiger charge is -2.29. The summed E-state index contributed by atoms with van der Waals surface area (Å²) < 4.78 is 0. The van der Waals surface area contributed by atoms with Crippen molar-refractivity contribution in [2.75, 3.05) is 39.3 Å². The number of carboxylic acid groups (broad SMARTS) is 1. The van der Waals surface area contributed by atoms with Crippen LogP contribution in [-0.4, -0.2) is 144 Å². The second-order valence-corrected chi connectivity index (χ2v) is 13.2. The van der Waals surface area contributed by atoms with Crippen LogP contribution in [0.2, 0.25) is 0 Å². The molecule has 0 bridgehead atoms. The SMILES string of the molecule is NCCCCC(NC(=O)C(CO)NC(=O)C(CCCN=C(N)N)NC(=O)C1CCCN1C(=O)C(N)CCCN=C(N)N)C(=O)NC(CCCN=C(N)N)C(=O)O. The minimum Gasteiger partial charge on any atom is -0.480 e. The first-order valence-corrected chi connectivity index (χ1v) is 18.5. The molecule has 1 rings (SSSR count). The summed E-state index contributed by atoms with van der Waals surface area (Å²) in [7, 11) is 0. The quantitative estimate of drug-likeness (QED) is 0.0209. The molecule has 5 amide bonds. The average molecular weight is 799 g/mol. The lowest BCUT2D eigenvalue weighted by Crippen LogP contribution is -2.59. The zero-order chi connectivity index (χ0) is 42.2. The number of aliphatic hydroxyl groups is 1. The topological polar surface area (TPSA) is 439 Å². The van der Waals surface area contributed by atoms with Crippen molar-refractivity contribution in [1.82, 2.24) is 26.2 Å². The van der Waals surface area contributed by atoms with Crippen molar-refractivity contribution in [2.45, 2.75) is 107 Å². The number of aliphatic carboxylic acids is 1. The van der Waals surface area contributed by atoms with E-state index < -0.39 is 78.4 Å². The number of rotatable bonds is 27. The van der Waals surface area contributed by atoms with Crippen LogP contribution in [0.4, 0.5) is 0 Å². The molecular formula is C32H62N16O8. The maximum atomic E-state index is 13.6. The van der Waals surface area contributed by atoms with E-state index in [0.29, 0.717) is 32.1 Å². The highest BCUT2D eigenvalue weighted by atomic mass is 16.4. The van der Waals surface area contributed by atoms with Crippen molar-refractivity contribution in [3.8, 4) is 0 Å². The Bertz CT molecular complexity index is 1380. The van der Waals surface area contributed by atoms with E-state index >= 15 is 0 Å². The Morgan fingerprint density at radius 3 is 1.59 bits per heavy atom. The molecule has 1 aliphatic rings. The summed E-state index contributed by atoms with van der Waals surface area (Å²) in [6.07, 6.45) is 2.81. The van der Waals surface area contributed by atoms with Crippen LogP contribution in [0.15, 0.2) is 15.0 Å². The number of aliphatic hydroxyl groups excluding tert-OH is 1. The number of unbranched alkanes of at least 4 members (excludes halogenated alkanes) is 1. The Morgan fingerprint density at radius 1 is 0.643 bits per heavy atom. The zero-order valence-electron chi connectivity index (χ0n) is 31.7. The highest BCUT2D eigenvalue weighted by Crippen LogP contribution is 2.20. The summed E-state index contributed by atoms with van der Waals surface area (Å²) in [6, 6.07) is -7.33. The molecule has 0 spiro atoms. The third-order valence-electron chi connectivity index (χ3n) is 8.66. The lowest BCUT2D eigenvalue weighted by molar-refractivity contribution is -0.142. The number of nitrogens with zero attached hydrogens (tertiary/aromatic N) is 4. The summed E-state index contributed by atoms with van der Waals surface area (Å²) >= 11 is 0. The molecule has 1 fully saturated rings. The average Bonchev–Trinajstić information content (AvgIpc) is 3.63. The molecule has 318 valence electrons. The number of nitrogens with two attached hydrogens (primary N) is 8. The first-order chi connectivity index (χ1) is 26.5. The number of carbonyl (C=O) groups is 6. The van der Waals surface area contributed by atoms with Crippen molar-refractivity contribution >= 4 is 53.4 Å². The number of nitrogens with one attached hydrogen (secondary N) is 4. The predicted octanol–water partition coefficient (Wildman–Crippen LogP) is -6.39. The molecule has 0 aromatic heterocycles. The molecule has 6 atom stereocenters. The number of hydrogen-bond donors (Lipinski definition) is 14. The second-order valence-electron chi connectivity index (χ2n) is 13.2. The predicted molar refractivity (Wildman–Crippen MR) is 208 cm³/mol. The van der Waals surface area contributed by atoms with E-state index in [2.05, 4.69) is 36.2 Å². The van der Waals surface area contributed by atoms with E-state index in [1.165, 1.54) is 4.90 Å². The molecule has 1 saturated heterocycles. The molecule has 0 aromatic carbocycles. The van der Waals surface area contributed by atoms with E-state index in [-0.39, 0.29) is 89.1 Å². The number of guanidine groups is 3. The molecule has 22 N–H and O–H groups in total. The molecule has 1 aliphatic heterocycles. The summed E-state index contributed by atoms with van der Waals surface area (Å²) in [5, 5.41) is 29.8. The van der Waals surface area contributed by atoms with Crippen LogP contribution in [0.25, 0.3) is 0 Å². The van der Waals surface area contributed by atoms with E-state index in [1.54, 1.807) is 0 Å². The highest BCUT2D eigenvalue weighted by molar-refractivity contribution is 5.96. The van der Waals surface area contributed by atoms with Crippen molar-refractivity contribution in [3.63, 3.8) is 0 Å². The van der Waals surface area contributed by atoms with E-state index in [1.807, 2.05) is 0 Å². The second kappa shape index (κ2) is 26.3. The van der Waals surface area contributed by atoms with Crippen LogP contribution in [0, 0.1) is 0 Å². The number of amides is 5. The Balaban J connectivity index is 3.12. The third-order valence-corrected chi connectivity index (χ3v) is 8.66. The Morgan fingerprint density at radius 2 is 1.09 bits per heavy atom. The molecule has 0 aromatic rings. The minimum atomic E-state index is -1.60. The van der Waals surface area contributed by atoms with Gasteiger partial charge < -0.3 is 82.2 Å². The van der Waals surface area contributed by atoms with Crippen molar-refractivity contribution in [1.29, 1.82) is 0 Å². The summed E-state index contributed by atoms with van der Waals surface area (Å²) in [5.74, 6) is -5.50. The van der Waals surface area contributed by atoms with E-state index in [4.69, 9.17) is 45.9 Å². The maximum absolute atomic E-state index is 13.6. The van der Waals surface area contributed by atoms with E-state index in [0.717, 1.165) is 0 Å². The fourth-order valence-electron chi connectivity index (χ4n) is 5.73. The molecule has 0 aliphatic carbocycles. The van der Waals surface area contributed by atoms with Crippen LogP contribution in [0.5, 0.6) is 0 Å². The van der Waals surface area contributed by atoms with Crippen LogP contribution >= 0.6 is 0 Å². The van der Waals surface area contributed by atoms with Gasteiger partial charge in [0.2, 0.25) is 29.5 Å². The molecule has 0 radical (unpaired) electrons. The van der Waals surface area contributed by atoms with Crippen LogP contribution in [0.3, 0.4) is 0 Å². The number of hydrogen-bond acceptors (Lipinski definition) is 12. The summed E-state index contributed by atoms with van der Waals surface area (Å²) in [6.45, 7) is 0.138. The maximum Gasteiger partial charge on any atom is 0.326 e. The van der Waals surface area contributed by atoms with Crippen molar-refractivity contribution in [2.24, 2.45) is 60.8 Å². The highest BCUT2D eigenvalue weighted by Gasteiger charge is 2.38. The molecule has 24 heteroatoms. The van der Waals surface area contributed by atoms with Gasteiger partial charge in [0.25, 0.3) is 0 Å². The van der Waals surface area contributed by atoms with Gasteiger partial charge in [-0.1, -0.05) is 0 Å². The van der Waals surface area contributed by atoms with Gasteiger partial charge in [0.05, 0.1) is 12.6 Å². The first-order valence-electron chi connectivity index (χ1n) is 18.5. The normalized spacial score (nSPS) is 16.2. The standard InChI is InChI=1S/C32H62N16O8/c33-12-2-1-8-19(24(50)46-21(29(55)56)10-5-15-43-32(39)40)44-26(52)22(17-49)47-25(51)20(9-4-14-42-31(37)38)45-27(53)23-11-6-16-48(23)28(54)18(34)7-3-13-41-30(35)36/h18-23,49H,1-17,33-34H2,(H,44,52)(H,45,53)(H,46,50)(H,47,51)(H,55,56)(H4,35,36,41)(H4,37,38,42)(H4,39,40,43). The van der Waals surface area contributed by atoms with Crippen LogP contribution in [0.1, 0.15) is 70.6 Å². The molecule has 56 heavy (non-hydrogen) atoms. The fourth-order valence-corrected chi connectivity index (χ4v) is 5.73. The van der Waals surface area contributed by atoms with Crippen molar-refractivity contribution < 1.29 is 39.0 Å². The van der Waals surface area contributed by atoms with Crippen LogP contribution < -0.4 is 67.1 Å².